The van der Waals surface area contributed by atoms with Crippen molar-refractivity contribution in [1.29, 1.82) is 0 Å². The summed E-state index contributed by atoms with van der Waals surface area (Å²) in [6.07, 6.45) is 0. The summed E-state index contributed by atoms with van der Waals surface area (Å²) >= 11 is 0. The number of rotatable bonds is 7. The van der Waals surface area contributed by atoms with Crippen LogP contribution < -0.4 is 10.0 Å². The molecule has 0 amide bonds. The molecule has 1 aromatic rings. The third kappa shape index (κ3) is 4.53. The van der Waals surface area contributed by atoms with Crippen molar-refractivity contribution in [3.63, 3.8) is 0 Å². The molecule has 2 unspecified atom stereocenters. The van der Waals surface area contributed by atoms with Gasteiger partial charge in [-0.25, -0.2) is 13.1 Å². The lowest BCUT2D eigenvalue weighted by atomic mass is 9.83. The second kappa shape index (κ2) is 7.38. The van der Waals surface area contributed by atoms with Crippen LogP contribution in [0.2, 0.25) is 0 Å². The van der Waals surface area contributed by atoms with Gasteiger partial charge in [-0.05, 0) is 45.4 Å². The molecule has 5 heteroatoms. The lowest BCUT2D eigenvalue weighted by molar-refractivity contribution is 0.390. The van der Waals surface area contributed by atoms with Gasteiger partial charge in [-0.15, -0.1) is 0 Å². The van der Waals surface area contributed by atoms with Crippen molar-refractivity contribution >= 4 is 10.0 Å². The topological polar surface area (TPSA) is 58.2 Å². The Morgan fingerprint density at radius 2 is 1.57 bits per heavy atom. The minimum absolute atomic E-state index is 0.123. The van der Waals surface area contributed by atoms with E-state index < -0.39 is 10.0 Å². The summed E-state index contributed by atoms with van der Waals surface area (Å²) in [6, 6.07) is 7.37. The van der Waals surface area contributed by atoms with Crippen LogP contribution in [-0.4, -0.2) is 27.5 Å². The molecule has 0 saturated heterocycles. The van der Waals surface area contributed by atoms with Crippen LogP contribution in [0.1, 0.15) is 46.1 Å². The van der Waals surface area contributed by atoms with E-state index in [1.165, 1.54) is 0 Å². The zero-order valence-corrected chi connectivity index (χ0v) is 14.7. The second-order valence-corrected chi connectivity index (χ2v) is 7.84. The average molecular weight is 312 g/mol. The molecule has 4 nitrogen and oxygen atoms in total. The van der Waals surface area contributed by atoms with Crippen LogP contribution in [0.25, 0.3) is 0 Å². The predicted octanol–water partition coefficient (Wildman–Crippen LogP) is 2.72. The minimum Gasteiger partial charge on any atom is -0.317 e. The Morgan fingerprint density at radius 1 is 1.00 bits per heavy atom. The molecule has 0 aliphatic carbocycles. The van der Waals surface area contributed by atoms with E-state index in [1.54, 1.807) is 12.1 Å². The molecular weight excluding hydrogens is 284 g/mol. The van der Waals surface area contributed by atoms with Crippen molar-refractivity contribution in [2.45, 2.75) is 57.5 Å². The van der Waals surface area contributed by atoms with E-state index >= 15 is 0 Å². The summed E-state index contributed by atoms with van der Waals surface area (Å²) in [5.41, 5.74) is 0.877. The normalized spacial score (nSPS) is 15.4. The summed E-state index contributed by atoms with van der Waals surface area (Å²) in [7, 11) is -1.58. The van der Waals surface area contributed by atoms with Gasteiger partial charge in [0.15, 0.2) is 0 Å². The van der Waals surface area contributed by atoms with Gasteiger partial charge in [0, 0.05) is 18.0 Å². The summed E-state index contributed by atoms with van der Waals surface area (Å²) in [5, 5.41) is 3.25. The Bertz CT molecular complexity index is 553. The number of hydrogen-bond donors (Lipinski definition) is 2. The minimum atomic E-state index is -3.49. The molecule has 0 spiro atoms. The molecule has 2 atom stereocenters. The van der Waals surface area contributed by atoms with Crippen LogP contribution in [0.5, 0.6) is 0 Å². The van der Waals surface area contributed by atoms with Crippen LogP contribution in [0, 0.1) is 5.92 Å². The van der Waals surface area contributed by atoms with E-state index in [-0.39, 0.29) is 18.0 Å². The Labute approximate surface area is 129 Å². The van der Waals surface area contributed by atoms with Gasteiger partial charge in [-0.3, -0.25) is 0 Å². The molecule has 120 valence electrons. The first kappa shape index (κ1) is 18.1. The van der Waals surface area contributed by atoms with E-state index in [0.717, 1.165) is 5.56 Å². The Morgan fingerprint density at radius 3 is 2.05 bits per heavy atom. The summed E-state index contributed by atoms with van der Waals surface area (Å²) in [4.78, 5) is 0.388. The van der Waals surface area contributed by atoms with Gasteiger partial charge in [-0.1, -0.05) is 32.0 Å². The van der Waals surface area contributed by atoms with Gasteiger partial charge < -0.3 is 5.32 Å². The quantitative estimate of drug-likeness (QED) is 0.814. The third-order valence-electron chi connectivity index (χ3n) is 3.67. The molecule has 0 radical (unpaired) electrons. The van der Waals surface area contributed by atoms with Gasteiger partial charge in [0.1, 0.15) is 0 Å². The number of hydrogen-bond acceptors (Lipinski definition) is 3. The van der Waals surface area contributed by atoms with Crippen LogP contribution in [0.3, 0.4) is 0 Å². The van der Waals surface area contributed by atoms with Gasteiger partial charge in [-0.2, -0.15) is 0 Å². The molecule has 0 fully saturated rings. The molecule has 0 bridgehead atoms. The maximum absolute atomic E-state index is 12.6. The molecule has 0 heterocycles. The molecule has 2 N–H and O–H groups in total. The number of benzene rings is 1. The SMILES string of the molecule is CNC(C)C(c1ccccc1S(=O)(=O)NC(C)C)C(C)C. The standard InChI is InChI=1S/C16H28N2O2S/c1-11(2)16(13(5)17-6)14-9-7-8-10-15(14)21(19,20)18-12(3)4/h7-13,16-18H,1-6H3. The van der Waals surface area contributed by atoms with Crippen molar-refractivity contribution in [3.05, 3.63) is 29.8 Å². The van der Waals surface area contributed by atoms with Gasteiger partial charge >= 0.3 is 0 Å². The molecule has 0 aromatic heterocycles. The second-order valence-electron chi connectivity index (χ2n) is 6.16. The largest absolute Gasteiger partial charge is 0.317 e. The first-order valence-corrected chi connectivity index (χ1v) is 8.97. The van der Waals surface area contributed by atoms with E-state index in [0.29, 0.717) is 10.8 Å². The maximum Gasteiger partial charge on any atom is 0.241 e. The van der Waals surface area contributed by atoms with Crippen LogP contribution in [0.4, 0.5) is 0 Å². The van der Waals surface area contributed by atoms with Crippen molar-refractivity contribution in [2.24, 2.45) is 5.92 Å². The first-order chi connectivity index (χ1) is 9.70. The monoisotopic (exact) mass is 312 g/mol. The third-order valence-corrected chi connectivity index (χ3v) is 5.40. The Balaban J connectivity index is 3.38. The highest BCUT2D eigenvalue weighted by Crippen LogP contribution is 2.32. The fourth-order valence-corrected chi connectivity index (χ4v) is 4.28. The van der Waals surface area contributed by atoms with Crippen LogP contribution in [0.15, 0.2) is 29.2 Å². The van der Waals surface area contributed by atoms with Gasteiger partial charge in [0.25, 0.3) is 0 Å². The molecule has 0 aliphatic heterocycles. The zero-order chi connectivity index (χ0) is 16.2. The lowest BCUT2D eigenvalue weighted by Crippen LogP contribution is -2.35. The lowest BCUT2D eigenvalue weighted by Gasteiger charge is -2.29. The molecule has 21 heavy (non-hydrogen) atoms. The summed E-state index contributed by atoms with van der Waals surface area (Å²) in [6.45, 7) is 9.99. The number of nitrogens with one attached hydrogen (secondary N) is 2. The van der Waals surface area contributed by atoms with E-state index in [2.05, 4.69) is 30.8 Å². The highest BCUT2D eigenvalue weighted by molar-refractivity contribution is 7.89. The van der Waals surface area contributed by atoms with Crippen LogP contribution in [-0.2, 0) is 10.0 Å². The molecule has 0 aliphatic rings. The van der Waals surface area contributed by atoms with Gasteiger partial charge in [0.2, 0.25) is 10.0 Å². The van der Waals surface area contributed by atoms with E-state index in [4.69, 9.17) is 0 Å². The number of sulfonamides is 1. The fraction of sp³-hybridized carbons (Fsp3) is 0.625. The number of likely N-dealkylation sites (N-methyl/N-ethyl adjacent to an activating group) is 1. The predicted molar refractivity (Wildman–Crippen MR) is 88.0 cm³/mol. The molecule has 1 rings (SSSR count). The van der Waals surface area contributed by atoms with Crippen molar-refractivity contribution in [2.75, 3.05) is 7.05 Å². The summed E-state index contributed by atoms with van der Waals surface area (Å²) < 4.78 is 27.8. The van der Waals surface area contributed by atoms with Crippen molar-refractivity contribution in [1.82, 2.24) is 10.0 Å². The van der Waals surface area contributed by atoms with Crippen LogP contribution >= 0.6 is 0 Å². The zero-order valence-electron chi connectivity index (χ0n) is 13.8. The van der Waals surface area contributed by atoms with E-state index in [1.807, 2.05) is 33.0 Å². The Hall–Kier alpha value is -0.910. The average Bonchev–Trinajstić information content (AvgIpc) is 2.37. The van der Waals surface area contributed by atoms with Gasteiger partial charge in [0.05, 0.1) is 4.90 Å². The summed E-state index contributed by atoms with van der Waals surface area (Å²) in [5.74, 6) is 0.470. The molecular formula is C16H28N2O2S. The molecule has 0 saturated carbocycles. The van der Waals surface area contributed by atoms with E-state index in [9.17, 15) is 8.42 Å². The maximum atomic E-state index is 12.6. The van der Waals surface area contributed by atoms with Crippen molar-refractivity contribution < 1.29 is 8.42 Å². The Kier molecular flexibility index (Phi) is 6.38. The smallest absolute Gasteiger partial charge is 0.241 e. The highest BCUT2D eigenvalue weighted by atomic mass is 32.2. The van der Waals surface area contributed by atoms with Crippen molar-refractivity contribution in [3.8, 4) is 0 Å². The fourth-order valence-electron chi connectivity index (χ4n) is 2.76. The molecule has 1 aromatic carbocycles. The first-order valence-electron chi connectivity index (χ1n) is 7.49. The highest BCUT2D eigenvalue weighted by Gasteiger charge is 2.28.